The first-order valence-corrected chi connectivity index (χ1v) is 7.23. The van der Waals surface area contributed by atoms with Gasteiger partial charge in [0.15, 0.2) is 5.82 Å². The van der Waals surface area contributed by atoms with E-state index in [2.05, 4.69) is 29.4 Å². The van der Waals surface area contributed by atoms with Crippen molar-refractivity contribution < 1.29 is 4.74 Å². The van der Waals surface area contributed by atoms with Crippen LogP contribution in [0.4, 0.5) is 5.82 Å². The van der Waals surface area contributed by atoms with Crippen LogP contribution in [0.25, 0.3) is 11.3 Å². The summed E-state index contributed by atoms with van der Waals surface area (Å²) in [5.41, 5.74) is 2.56. The number of rotatable bonds is 5. The number of benzene rings is 1. The van der Waals surface area contributed by atoms with Gasteiger partial charge in [0.25, 0.3) is 0 Å². The van der Waals surface area contributed by atoms with Gasteiger partial charge in [-0.05, 0) is 27.7 Å². The minimum absolute atomic E-state index is 0.526. The second-order valence-corrected chi connectivity index (χ2v) is 5.48. The number of nitrogens with zero attached hydrogens (tertiary/aromatic N) is 2. The third kappa shape index (κ3) is 3.22. The Bertz CT molecular complexity index is 609. The van der Waals surface area contributed by atoms with Crippen LogP contribution in [0.5, 0.6) is 0 Å². The number of aromatic nitrogens is 2. The smallest absolute Gasteiger partial charge is 0.162 e. The highest BCUT2D eigenvalue weighted by Gasteiger charge is 2.25. The maximum absolute atomic E-state index is 5.53. The van der Waals surface area contributed by atoms with Crippen molar-refractivity contribution in [2.75, 3.05) is 19.0 Å². The van der Waals surface area contributed by atoms with Gasteiger partial charge in [-0.25, -0.2) is 9.97 Å². The van der Waals surface area contributed by atoms with Crippen molar-refractivity contribution in [1.82, 2.24) is 9.97 Å². The van der Waals surface area contributed by atoms with E-state index in [1.165, 1.54) is 0 Å². The van der Waals surface area contributed by atoms with Crippen LogP contribution in [0.3, 0.4) is 0 Å². The zero-order valence-corrected chi connectivity index (χ0v) is 13.4. The average Bonchev–Trinajstić information content (AvgIpc) is 2.50. The molecule has 0 unspecified atom stereocenters. The molecule has 0 bridgehead atoms. The average molecular weight is 285 g/mol. The van der Waals surface area contributed by atoms with Crippen LogP contribution in [-0.2, 0) is 10.3 Å². The Hall–Kier alpha value is -1.94. The van der Waals surface area contributed by atoms with Gasteiger partial charge in [0.1, 0.15) is 11.4 Å². The summed E-state index contributed by atoms with van der Waals surface area (Å²) < 4.78 is 5.53. The van der Waals surface area contributed by atoms with Crippen molar-refractivity contribution in [1.29, 1.82) is 0 Å². The maximum atomic E-state index is 5.53. The quantitative estimate of drug-likeness (QED) is 0.908. The van der Waals surface area contributed by atoms with Crippen molar-refractivity contribution in [3.63, 3.8) is 0 Å². The molecule has 21 heavy (non-hydrogen) atoms. The largest absolute Gasteiger partial charge is 0.371 e. The molecule has 0 spiro atoms. The topological polar surface area (TPSA) is 47.0 Å². The van der Waals surface area contributed by atoms with Gasteiger partial charge < -0.3 is 10.1 Å². The molecule has 0 aliphatic rings. The fourth-order valence-corrected chi connectivity index (χ4v) is 2.09. The lowest BCUT2D eigenvalue weighted by molar-refractivity contribution is 0.0116. The molecule has 4 heteroatoms. The molecule has 0 aliphatic carbocycles. The number of ether oxygens (including phenoxy) is 1. The zero-order valence-electron chi connectivity index (χ0n) is 13.4. The molecule has 4 nitrogen and oxygen atoms in total. The summed E-state index contributed by atoms with van der Waals surface area (Å²) in [5.74, 6) is 1.55. The van der Waals surface area contributed by atoms with Crippen molar-refractivity contribution in [3.05, 3.63) is 41.7 Å². The van der Waals surface area contributed by atoms with E-state index in [4.69, 9.17) is 9.72 Å². The highest BCUT2D eigenvalue weighted by Crippen LogP contribution is 2.29. The van der Waals surface area contributed by atoms with Gasteiger partial charge in [0.05, 0.1) is 5.69 Å². The van der Waals surface area contributed by atoms with E-state index in [-0.39, 0.29) is 0 Å². The van der Waals surface area contributed by atoms with E-state index in [1.54, 1.807) is 7.11 Å². The van der Waals surface area contributed by atoms with E-state index >= 15 is 0 Å². The Morgan fingerprint density at radius 1 is 1.14 bits per heavy atom. The van der Waals surface area contributed by atoms with E-state index in [0.717, 1.165) is 29.2 Å². The molecule has 1 aromatic carbocycles. The number of hydrogen-bond acceptors (Lipinski definition) is 4. The van der Waals surface area contributed by atoms with Gasteiger partial charge in [-0.15, -0.1) is 0 Å². The van der Waals surface area contributed by atoms with Crippen LogP contribution in [0.2, 0.25) is 0 Å². The second kappa shape index (κ2) is 6.22. The molecule has 2 rings (SSSR count). The molecule has 0 saturated carbocycles. The Labute approximate surface area is 126 Å². The van der Waals surface area contributed by atoms with Crippen molar-refractivity contribution in [2.24, 2.45) is 0 Å². The first kappa shape index (κ1) is 15.4. The molecule has 0 radical (unpaired) electrons. The SMILES string of the molecule is CCNc1nc(C(C)(C)OC)nc(-c2ccccc2)c1C. The van der Waals surface area contributed by atoms with E-state index in [9.17, 15) is 0 Å². The third-order valence-electron chi connectivity index (χ3n) is 3.59. The van der Waals surface area contributed by atoms with Gasteiger partial charge in [-0.3, -0.25) is 0 Å². The predicted molar refractivity (Wildman–Crippen MR) is 86.4 cm³/mol. The summed E-state index contributed by atoms with van der Waals surface area (Å²) in [6, 6.07) is 10.2. The van der Waals surface area contributed by atoms with Crippen molar-refractivity contribution in [3.8, 4) is 11.3 Å². The van der Waals surface area contributed by atoms with Crippen molar-refractivity contribution >= 4 is 5.82 Å². The molecular formula is C17H23N3O. The van der Waals surface area contributed by atoms with E-state index in [0.29, 0.717) is 5.82 Å². The summed E-state index contributed by atoms with van der Waals surface area (Å²) in [6.07, 6.45) is 0. The summed E-state index contributed by atoms with van der Waals surface area (Å²) >= 11 is 0. The summed E-state index contributed by atoms with van der Waals surface area (Å²) in [7, 11) is 1.68. The fraction of sp³-hybridized carbons (Fsp3) is 0.412. The molecule has 1 N–H and O–H groups in total. The summed E-state index contributed by atoms with van der Waals surface area (Å²) in [6.45, 7) is 8.87. The molecule has 0 aliphatic heterocycles. The second-order valence-electron chi connectivity index (χ2n) is 5.48. The lowest BCUT2D eigenvalue weighted by Gasteiger charge is -2.23. The monoisotopic (exact) mass is 285 g/mol. The highest BCUT2D eigenvalue weighted by atomic mass is 16.5. The first-order valence-electron chi connectivity index (χ1n) is 7.23. The highest BCUT2D eigenvalue weighted by molar-refractivity contribution is 5.68. The van der Waals surface area contributed by atoms with Gasteiger partial charge in [-0.1, -0.05) is 30.3 Å². The number of anilines is 1. The Morgan fingerprint density at radius 2 is 1.81 bits per heavy atom. The number of nitrogens with one attached hydrogen (secondary N) is 1. The minimum atomic E-state index is -0.526. The fourth-order valence-electron chi connectivity index (χ4n) is 2.09. The molecule has 2 aromatic rings. The molecule has 1 heterocycles. The Balaban J connectivity index is 2.63. The number of methoxy groups -OCH3 is 1. The van der Waals surface area contributed by atoms with Gasteiger partial charge in [0.2, 0.25) is 0 Å². The lowest BCUT2D eigenvalue weighted by atomic mass is 10.0. The van der Waals surface area contributed by atoms with Crippen LogP contribution in [0.1, 0.15) is 32.2 Å². The summed E-state index contributed by atoms with van der Waals surface area (Å²) in [5, 5.41) is 3.32. The number of hydrogen-bond donors (Lipinski definition) is 1. The Kier molecular flexibility index (Phi) is 4.58. The molecule has 0 atom stereocenters. The molecule has 0 saturated heterocycles. The van der Waals surface area contributed by atoms with Gasteiger partial charge in [0, 0.05) is 24.8 Å². The standard InChI is InChI=1S/C17H23N3O/c1-6-18-15-12(2)14(13-10-8-7-9-11-13)19-16(20-15)17(3,4)21-5/h7-11H,6H2,1-5H3,(H,18,19,20). The molecule has 0 fully saturated rings. The minimum Gasteiger partial charge on any atom is -0.371 e. The van der Waals surface area contributed by atoms with Crippen LogP contribution < -0.4 is 5.32 Å². The lowest BCUT2D eigenvalue weighted by Crippen LogP contribution is -2.24. The molecule has 0 amide bonds. The van der Waals surface area contributed by atoms with Crippen LogP contribution in [-0.4, -0.2) is 23.6 Å². The summed E-state index contributed by atoms with van der Waals surface area (Å²) in [4.78, 5) is 9.40. The van der Waals surface area contributed by atoms with Gasteiger partial charge >= 0.3 is 0 Å². The Morgan fingerprint density at radius 3 is 2.38 bits per heavy atom. The first-order chi connectivity index (χ1) is 9.99. The van der Waals surface area contributed by atoms with E-state index in [1.807, 2.05) is 39.0 Å². The van der Waals surface area contributed by atoms with Crippen molar-refractivity contribution in [2.45, 2.75) is 33.3 Å². The molecule has 1 aromatic heterocycles. The van der Waals surface area contributed by atoms with Crippen LogP contribution in [0, 0.1) is 6.92 Å². The molecular weight excluding hydrogens is 262 g/mol. The molecule has 112 valence electrons. The third-order valence-corrected chi connectivity index (χ3v) is 3.59. The van der Waals surface area contributed by atoms with Crippen LogP contribution in [0.15, 0.2) is 30.3 Å². The normalized spacial score (nSPS) is 11.5. The van der Waals surface area contributed by atoms with Crippen LogP contribution >= 0.6 is 0 Å². The predicted octanol–water partition coefficient (Wildman–Crippen LogP) is 3.77. The van der Waals surface area contributed by atoms with Gasteiger partial charge in [-0.2, -0.15) is 0 Å². The zero-order chi connectivity index (χ0) is 15.5. The maximum Gasteiger partial charge on any atom is 0.162 e. The van der Waals surface area contributed by atoms with E-state index < -0.39 is 5.60 Å².